The average molecular weight is 330 g/mol. The number of rotatable bonds is 6. The van der Waals surface area contributed by atoms with Crippen LogP contribution in [0.25, 0.3) is 6.08 Å². The van der Waals surface area contributed by atoms with E-state index in [0.29, 0.717) is 11.5 Å². The molecule has 1 aromatic rings. The first kappa shape index (κ1) is 18.2. The summed E-state index contributed by atoms with van der Waals surface area (Å²) in [6, 6.07) is 6.90. The Bertz CT molecular complexity index is 581. The van der Waals surface area contributed by atoms with Gasteiger partial charge in [0.1, 0.15) is 0 Å². The van der Waals surface area contributed by atoms with Crippen LogP contribution in [0, 0.1) is 5.92 Å². The van der Waals surface area contributed by atoms with E-state index in [4.69, 9.17) is 10.5 Å². The van der Waals surface area contributed by atoms with Crippen LogP contribution in [0.4, 0.5) is 0 Å². The number of nitrogens with two attached hydrogens (primary N) is 1. The van der Waals surface area contributed by atoms with Gasteiger partial charge in [0.25, 0.3) is 0 Å². The molecule has 1 saturated heterocycles. The summed E-state index contributed by atoms with van der Waals surface area (Å²) in [6.07, 6.45) is 7.76. The SMILES string of the molecule is COCCC1CCCCN(C(=O)C=Cc2ccc(C(N)=O)cc2)C1. The number of likely N-dealkylation sites (tertiary alicyclic amines) is 1. The molecule has 130 valence electrons. The fourth-order valence-electron chi connectivity index (χ4n) is 2.98. The minimum absolute atomic E-state index is 0.0401. The van der Waals surface area contributed by atoms with Crippen LogP contribution in [0.1, 0.15) is 41.6 Å². The topological polar surface area (TPSA) is 72.6 Å². The van der Waals surface area contributed by atoms with Gasteiger partial charge < -0.3 is 15.4 Å². The van der Waals surface area contributed by atoms with Crippen molar-refractivity contribution in [2.75, 3.05) is 26.8 Å². The zero-order valence-electron chi connectivity index (χ0n) is 14.2. The van der Waals surface area contributed by atoms with E-state index < -0.39 is 5.91 Å². The quantitative estimate of drug-likeness (QED) is 0.814. The summed E-state index contributed by atoms with van der Waals surface area (Å²) in [5, 5.41) is 0. The van der Waals surface area contributed by atoms with E-state index in [1.165, 1.54) is 0 Å². The summed E-state index contributed by atoms with van der Waals surface area (Å²) in [7, 11) is 1.71. The molecule has 2 N–H and O–H groups in total. The predicted octanol–water partition coefficient (Wildman–Crippen LogP) is 2.46. The highest BCUT2D eigenvalue weighted by Crippen LogP contribution is 2.20. The van der Waals surface area contributed by atoms with Crippen LogP contribution in [0.5, 0.6) is 0 Å². The van der Waals surface area contributed by atoms with Crippen molar-refractivity contribution in [2.45, 2.75) is 25.7 Å². The zero-order valence-corrected chi connectivity index (χ0v) is 14.2. The maximum Gasteiger partial charge on any atom is 0.248 e. The Hall–Kier alpha value is -2.14. The maximum atomic E-state index is 12.5. The molecule has 2 amide bonds. The van der Waals surface area contributed by atoms with Gasteiger partial charge in [0.2, 0.25) is 11.8 Å². The molecule has 24 heavy (non-hydrogen) atoms. The van der Waals surface area contributed by atoms with Gasteiger partial charge >= 0.3 is 0 Å². The predicted molar refractivity (Wildman–Crippen MR) is 94.4 cm³/mol. The van der Waals surface area contributed by atoms with Gasteiger partial charge in [0, 0.05) is 38.4 Å². The Labute approximate surface area is 143 Å². The Kier molecular flexibility index (Phi) is 7.00. The van der Waals surface area contributed by atoms with Crippen LogP contribution in [-0.2, 0) is 9.53 Å². The number of nitrogens with zero attached hydrogens (tertiary/aromatic N) is 1. The first-order valence-corrected chi connectivity index (χ1v) is 8.46. The van der Waals surface area contributed by atoms with Crippen molar-refractivity contribution in [1.82, 2.24) is 4.90 Å². The smallest absolute Gasteiger partial charge is 0.248 e. The summed E-state index contributed by atoms with van der Waals surface area (Å²) in [5.41, 5.74) is 6.56. The number of hydrogen-bond acceptors (Lipinski definition) is 3. The Morgan fingerprint density at radius 2 is 2.04 bits per heavy atom. The second-order valence-electron chi connectivity index (χ2n) is 6.25. The van der Waals surface area contributed by atoms with E-state index in [1.807, 2.05) is 4.90 Å². The maximum absolute atomic E-state index is 12.5. The lowest BCUT2D eigenvalue weighted by Crippen LogP contribution is -2.33. The lowest BCUT2D eigenvalue weighted by Gasteiger charge is -2.23. The normalized spacial score (nSPS) is 18.5. The molecule has 0 aromatic heterocycles. The number of hydrogen-bond donors (Lipinski definition) is 1. The Morgan fingerprint density at radius 3 is 2.71 bits per heavy atom. The van der Waals surface area contributed by atoms with Gasteiger partial charge in [0.05, 0.1) is 0 Å². The van der Waals surface area contributed by atoms with Gasteiger partial charge in [-0.05, 0) is 49.0 Å². The average Bonchev–Trinajstić information content (AvgIpc) is 2.84. The molecule has 0 spiro atoms. The molecule has 0 saturated carbocycles. The monoisotopic (exact) mass is 330 g/mol. The number of primary amides is 1. The van der Waals surface area contributed by atoms with E-state index in [9.17, 15) is 9.59 Å². The molecule has 1 aliphatic heterocycles. The van der Waals surface area contributed by atoms with Crippen LogP contribution >= 0.6 is 0 Å². The third-order valence-electron chi connectivity index (χ3n) is 4.42. The van der Waals surface area contributed by atoms with Crippen LogP contribution in [0.3, 0.4) is 0 Å². The van der Waals surface area contributed by atoms with E-state index in [0.717, 1.165) is 50.9 Å². The molecule has 2 rings (SSSR count). The lowest BCUT2D eigenvalue weighted by atomic mass is 10.00. The van der Waals surface area contributed by atoms with E-state index in [1.54, 1.807) is 43.5 Å². The molecule has 1 heterocycles. The molecule has 1 aliphatic rings. The summed E-state index contributed by atoms with van der Waals surface area (Å²) >= 11 is 0. The lowest BCUT2D eigenvalue weighted by molar-refractivity contribution is -0.126. The van der Waals surface area contributed by atoms with Crippen LogP contribution in [0.2, 0.25) is 0 Å². The van der Waals surface area contributed by atoms with Gasteiger partial charge in [-0.2, -0.15) is 0 Å². The molecule has 0 aliphatic carbocycles. The molecule has 5 nitrogen and oxygen atoms in total. The highest BCUT2D eigenvalue weighted by Gasteiger charge is 2.20. The molecule has 0 bridgehead atoms. The van der Waals surface area contributed by atoms with E-state index in [-0.39, 0.29) is 5.91 Å². The number of carbonyl (C=O) groups excluding carboxylic acids is 2. The highest BCUT2D eigenvalue weighted by atomic mass is 16.5. The minimum Gasteiger partial charge on any atom is -0.385 e. The largest absolute Gasteiger partial charge is 0.385 e. The van der Waals surface area contributed by atoms with Gasteiger partial charge in [-0.1, -0.05) is 18.6 Å². The highest BCUT2D eigenvalue weighted by molar-refractivity contribution is 5.94. The summed E-state index contributed by atoms with van der Waals surface area (Å²) in [5.74, 6) is 0.103. The number of benzene rings is 1. The van der Waals surface area contributed by atoms with Crippen molar-refractivity contribution in [1.29, 1.82) is 0 Å². The number of amides is 2. The van der Waals surface area contributed by atoms with E-state index in [2.05, 4.69) is 0 Å². The zero-order chi connectivity index (χ0) is 17.4. The second kappa shape index (κ2) is 9.23. The molecule has 1 fully saturated rings. The number of methoxy groups -OCH3 is 1. The van der Waals surface area contributed by atoms with Crippen molar-refractivity contribution >= 4 is 17.9 Å². The van der Waals surface area contributed by atoms with Crippen molar-refractivity contribution in [2.24, 2.45) is 11.7 Å². The summed E-state index contributed by atoms with van der Waals surface area (Å²) < 4.78 is 5.16. The summed E-state index contributed by atoms with van der Waals surface area (Å²) in [6.45, 7) is 2.36. The summed E-state index contributed by atoms with van der Waals surface area (Å²) in [4.78, 5) is 25.4. The number of ether oxygens (including phenoxy) is 1. The molecular formula is C19H26N2O3. The van der Waals surface area contributed by atoms with Gasteiger partial charge in [-0.15, -0.1) is 0 Å². The molecule has 1 atom stereocenters. The van der Waals surface area contributed by atoms with Crippen molar-refractivity contribution in [3.05, 3.63) is 41.5 Å². The standard InChI is InChI=1S/C19H26N2O3/c1-24-13-11-16-4-2-3-12-21(14-16)18(22)10-7-15-5-8-17(9-6-15)19(20)23/h5-10,16H,2-4,11-14H2,1H3,(H2,20,23). The second-order valence-corrected chi connectivity index (χ2v) is 6.25. The molecule has 5 heteroatoms. The van der Waals surface area contributed by atoms with Gasteiger partial charge in [-0.3, -0.25) is 9.59 Å². The van der Waals surface area contributed by atoms with Gasteiger partial charge in [0.15, 0.2) is 0 Å². The van der Waals surface area contributed by atoms with E-state index >= 15 is 0 Å². The fraction of sp³-hybridized carbons (Fsp3) is 0.474. The Morgan fingerprint density at radius 1 is 1.29 bits per heavy atom. The van der Waals surface area contributed by atoms with Gasteiger partial charge in [-0.25, -0.2) is 0 Å². The van der Waals surface area contributed by atoms with Crippen LogP contribution in [0.15, 0.2) is 30.3 Å². The molecular weight excluding hydrogens is 304 g/mol. The van der Waals surface area contributed by atoms with Crippen molar-refractivity contribution < 1.29 is 14.3 Å². The minimum atomic E-state index is -0.451. The third-order valence-corrected chi connectivity index (χ3v) is 4.42. The molecule has 1 unspecified atom stereocenters. The van der Waals surface area contributed by atoms with Crippen molar-refractivity contribution in [3.63, 3.8) is 0 Å². The Balaban J connectivity index is 1.95. The number of carbonyl (C=O) groups is 2. The third kappa shape index (κ3) is 5.49. The first-order chi connectivity index (χ1) is 11.6. The fourth-order valence-corrected chi connectivity index (χ4v) is 2.98. The first-order valence-electron chi connectivity index (χ1n) is 8.46. The van der Waals surface area contributed by atoms with Crippen molar-refractivity contribution in [3.8, 4) is 0 Å². The molecule has 1 aromatic carbocycles. The molecule has 0 radical (unpaired) electrons. The van der Waals surface area contributed by atoms with Crippen LogP contribution < -0.4 is 5.73 Å². The van der Waals surface area contributed by atoms with Crippen LogP contribution in [-0.4, -0.2) is 43.5 Å².